The average Bonchev–Trinajstić information content (AvgIpc) is 3.12. The fraction of sp³-hybridized carbons (Fsp3) is 0.706. The van der Waals surface area contributed by atoms with Crippen LogP contribution in [0.2, 0.25) is 0 Å². The van der Waals surface area contributed by atoms with Gasteiger partial charge in [-0.1, -0.05) is 27.7 Å². The van der Waals surface area contributed by atoms with Gasteiger partial charge in [-0.3, -0.25) is 4.79 Å². The maximum atomic E-state index is 12.4. The van der Waals surface area contributed by atoms with Crippen molar-refractivity contribution in [3.8, 4) is 0 Å². The number of nitrogens with two attached hydrogens (primary N) is 1. The van der Waals surface area contributed by atoms with Gasteiger partial charge in [0.1, 0.15) is 0 Å². The summed E-state index contributed by atoms with van der Waals surface area (Å²) in [5, 5.41) is 1.29. The van der Waals surface area contributed by atoms with Gasteiger partial charge in [0.25, 0.3) is 0 Å². The fourth-order valence-electron chi connectivity index (χ4n) is 3.19. The van der Waals surface area contributed by atoms with Crippen LogP contribution in [0.1, 0.15) is 61.7 Å². The van der Waals surface area contributed by atoms with E-state index in [4.69, 9.17) is 5.73 Å². The Morgan fingerprint density at radius 3 is 2.29 bits per heavy atom. The molecule has 2 aliphatic rings. The minimum Gasteiger partial charge on any atom is -0.397 e. The average molecular weight is 306 g/mol. The molecule has 1 saturated carbocycles. The second kappa shape index (κ2) is 5.31. The Kier molecular flexibility index (Phi) is 3.76. The summed E-state index contributed by atoms with van der Waals surface area (Å²) in [5.74, 6) is 2.23. The molecule has 1 aliphatic heterocycles. The highest BCUT2D eigenvalue weighted by atomic mass is 32.1. The summed E-state index contributed by atoms with van der Waals surface area (Å²) in [7, 11) is 0. The van der Waals surface area contributed by atoms with Crippen LogP contribution in [0.15, 0.2) is 0 Å². The first-order valence-electron chi connectivity index (χ1n) is 8.11. The molecule has 4 heteroatoms. The van der Waals surface area contributed by atoms with E-state index in [0.717, 1.165) is 23.7 Å². The molecule has 2 unspecified atom stereocenters. The van der Waals surface area contributed by atoms with Crippen molar-refractivity contribution >= 4 is 27.8 Å². The molecule has 0 aromatic carbocycles. The number of ketones is 1. The summed E-state index contributed by atoms with van der Waals surface area (Å²) in [6.07, 6.45) is 2.45. The van der Waals surface area contributed by atoms with Crippen molar-refractivity contribution in [2.75, 3.05) is 23.7 Å². The maximum absolute atomic E-state index is 12.4. The lowest BCUT2D eigenvalue weighted by Gasteiger charge is -2.18. The lowest BCUT2D eigenvalue weighted by Crippen LogP contribution is -2.19. The SMILES string of the molecule is CC(C)C(=O)c1sc(N2CC(C)C(C)C2)c(C2CC2)c1N. The first-order valence-corrected chi connectivity index (χ1v) is 8.93. The standard InChI is InChI=1S/C17H26N2OS/c1-9(2)15(20)16-14(18)13(12-5-6-12)17(21-16)19-7-10(3)11(4)8-19/h9-12H,5-8,18H2,1-4H3. The minimum absolute atomic E-state index is 0.0160. The molecule has 0 amide bonds. The van der Waals surface area contributed by atoms with Crippen molar-refractivity contribution in [3.05, 3.63) is 10.4 Å². The zero-order chi connectivity index (χ0) is 15.3. The predicted molar refractivity (Wildman–Crippen MR) is 90.4 cm³/mol. The van der Waals surface area contributed by atoms with E-state index in [2.05, 4.69) is 18.7 Å². The van der Waals surface area contributed by atoms with E-state index in [1.54, 1.807) is 11.3 Å². The number of hydrogen-bond acceptors (Lipinski definition) is 4. The molecule has 0 bridgehead atoms. The second-order valence-corrected chi connectivity index (χ2v) is 8.22. The van der Waals surface area contributed by atoms with Crippen molar-refractivity contribution < 1.29 is 4.79 Å². The predicted octanol–water partition coefficient (Wildman–Crippen LogP) is 4.14. The van der Waals surface area contributed by atoms with Crippen LogP contribution >= 0.6 is 11.3 Å². The van der Waals surface area contributed by atoms with Gasteiger partial charge < -0.3 is 10.6 Å². The Morgan fingerprint density at radius 1 is 1.24 bits per heavy atom. The van der Waals surface area contributed by atoms with Crippen molar-refractivity contribution in [1.29, 1.82) is 0 Å². The topological polar surface area (TPSA) is 46.3 Å². The molecule has 3 nitrogen and oxygen atoms in total. The monoisotopic (exact) mass is 306 g/mol. The van der Waals surface area contributed by atoms with Gasteiger partial charge in [-0.2, -0.15) is 0 Å². The molecule has 1 saturated heterocycles. The summed E-state index contributed by atoms with van der Waals surface area (Å²) in [4.78, 5) is 15.7. The zero-order valence-electron chi connectivity index (χ0n) is 13.5. The lowest BCUT2D eigenvalue weighted by molar-refractivity contribution is 0.0944. The number of rotatable bonds is 4. The number of carbonyl (C=O) groups excluding carboxylic acids is 1. The van der Waals surface area contributed by atoms with Crippen LogP contribution in [0, 0.1) is 17.8 Å². The summed E-state index contributed by atoms with van der Waals surface area (Å²) >= 11 is 1.64. The van der Waals surface area contributed by atoms with Gasteiger partial charge in [-0.25, -0.2) is 0 Å². The second-order valence-electron chi connectivity index (χ2n) is 7.22. The molecular weight excluding hydrogens is 280 g/mol. The molecule has 0 radical (unpaired) electrons. The van der Waals surface area contributed by atoms with Gasteiger partial charge in [0.15, 0.2) is 5.78 Å². The normalized spacial score (nSPS) is 25.9. The Balaban J connectivity index is 2.00. The van der Waals surface area contributed by atoms with E-state index >= 15 is 0 Å². The number of anilines is 2. The number of nitrogens with zero attached hydrogens (tertiary/aromatic N) is 1. The molecule has 1 aromatic heterocycles. The number of carbonyl (C=O) groups is 1. The molecule has 2 N–H and O–H groups in total. The van der Waals surface area contributed by atoms with Crippen molar-refractivity contribution in [3.63, 3.8) is 0 Å². The summed E-state index contributed by atoms with van der Waals surface area (Å²) in [6.45, 7) is 10.7. The van der Waals surface area contributed by atoms with Gasteiger partial charge in [0.05, 0.1) is 15.6 Å². The van der Waals surface area contributed by atoms with Gasteiger partial charge >= 0.3 is 0 Å². The number of hydrogen-bond donors (Lipinski definition) is 1. The first-order chi connectivity index (χ1) is 9.90. The van der Waals surface area contributed by atoms with Crippen LogP contribution in [0.25, 0.3) is 0 Å². The smallest absolute Gasteiger partial charge is 0.177 e. The molecule has 116 valence electrons. The van der Waals surface area contributed by atoms with E-state index in [0.29, 0.717) is 17.8 Å². The van der Waals surface area contributed by atoms with Crippen LogP contribution in [0.5, 0.6) is 0 Å². The largest absolute Gasteiger partial charge is 0.397 e. The number of nitrogen functional groups attached to an aromatic ring is 1. The Morgan fingerprint density at radius 2 is 1.81 bits per heavy atom. The third-order valence-electron chi connectivity index (χ3n) is 4.97. The molecule has 0 spiro atoms. The molecule has 2 heterocycles. The van der Waals surface area contributed by atoms with E-state index in [1.165, 1.54) is 23.4 Å². The summed E-state index contributed by atoms with van der Waals surface area (Å²) in [5.41, 5.74) is 8.45. The highest BCUT2D eigenvalue weighted by Gasteiger charge is 2.37. The Bertz CT molecular complexity index is 549. The Labute approximate surface area is 131 Å². The highest BCUT2D eigenvalue weighted by Crippen LogP contribution is 2.53. The molecule has 1 aromatic rings. The molecule has 3 rings (SSSR count). The fourth-order valence-corrected chi connectivity index (χ4v) is 4.60. The molecule has 1 aliphatic carbocycles. The van der Waals surface area contributed by atoms with E-state index < -0.39 is 0 Å². The third-order valence-corrected chi connectivity index (χ3v) is 6.27. The zero-order valence-corrected chi connectivity index (χ0v) is 14.3. The van der Waals surface area contributed by atoms with Crippen molar-refractivity contribution in [2.24, 2.45) is 17.8 Å². The molecule has 21 heavy (non-hydrogen) atoms. The quantitative estimate of drug-likeness (QED) is 0.850. The van der Waals surface area contributed by atoms with Gasteiger partial charge in [-0.05, 0) is 30.6 Å². The van der Waals surface area contributed by atoms with E-state index in [9.17, 15) is 4.79 Å². The van der Waals surface area contributed by atoms with E-state index in [-0.39, 0.29) is 11.7 Å². The van der Waals surface area contributed by atoms with Crippen LogP contribution in [-0.4, -0.2) is 18.9 Å². The number of thiophene rings is 1. The maximum Gasteiger partial charge on any atom is 0.177 e. The molecular formula is C17H26N2OS. The minimum atomic E-state index is 0.0160. The van der Waals surface area contributed by atoms with Gasteiger partial charge in [0, 0.05) is 24.6 Å². The summed E-state index contributed by atoms with van der Waals surface area (Å²) in [6, 6.07) is 0. The third kappa shape index (κ3) is 2.59. The molecule has 2 fully saturated rings. The van der Waals surface area contributed by atoms with Crippen LogP contribution < -0.4 is 10.6 Å². The Hall–Kier alpha value is -1.03. The van der Waals surface area contributed by atoms with Gasteiger partial charge in [0.2, 0.25) is 0 Å². The highest BCUT2D eigenvalue weighted by molar-refractivity contribution is 7.19. The van der Waals surface area contributed by atoms with Crippen LogP contribution in [-0.2, 0) is 0 Å². The number of Topliss-reactive ketones (excluding diaryl/α,β-unsaturated/α-hetero) is 1. The van der Waals surface area contributed by atoms with E-state index in [1.807, 2.05) is 13.8 Å². The van der Waals surface area contributed by atoms with Crippen LogP contribution in [0.4, 0.5) is 10.7 Å². The van der Waals surface area contributed by atoms with Crippen molar-refractivity contribution in [1.82, 2.24) is 0 Å². The van der Waals surface area contributed by atoms with Crippen LogP contribution in [0.3, 0.4) is 0 Å². The lowest BCUT2D eigenvalue weighted by atomic mass is 10.0. The summed E-state index contributed by atoms with van der Waals surface area (Å²) < 4.78 is 0. The van der Waals surface area contributed by atoms with Gasteiger partial charge in [-0.15, -0.1) is 11.3 Å². The van der Waals surface area contributed by atoms with Crippen molar-refractivity contribution in [2.45, 2.75) is 46.5 Å². The first kappa shape index (κ1) is 14.9. The molecule has 2 atom stereocenters.